The van der Waals surface area contributed by atoms with Crippen molar-refractivity contribution in [3.63, 3.8) is 0 Å². The first kappa shape index (κ1) is 41.7. The van der Waals surface area contributed by atoms with Crippen molar-refractivity contribution in [2.24, 2.45) is 19.5 Å². The molecule has 3 amide bonds. The molecule has 0 spiro atoms. The third-order valence-electron chi connectivity index (χ3n) is 11.1. The van der Waals surface area contributed by atoms with Crippen LogP contribution >= 0.6 is 0 Å². The standard InChI is InChI=1S/C45H53N9O6/c1-45(2,27-46-3)19-18-36(55)41-49-39(26-53(41)6)50-43(57)42-48-33(25-52(42)5)28-14-16-30(17-15-28)47-40(56)13-10-20-60-38-23-35-32(22-37(38)59-7)44(58)54-31(24-51(35)4)21-29-11-8-9-12-34(29)54/h8-9,11-12,14-17,22-23,25-26,31,46H,10,13,18-21,24,27H2,1-7H3,(H,47,56)(H,50,57)/t31-/m0/s1. The molecule has 0 aliphatic carbocycles. The highest BCUT2D eigenvalue weighted by Crippen LogP contribution is 2.42. The maximum Gasteiger partial charge on any atom is 0.292 e. The first-order chi connectivity index (χ1) is 28.7. The maximum absolute atomic E-state index is 13.9. The van der Waals surface area contributed by atoms with Crippen LogP contribution in [0.5, 0.6) is 11.5 Å². The number of hydrogen-bond acceptors (Lipinski definition) is 10. The van der Waals surface area contributed by atoms with Crippen molar-refractivity contribution in [1.29, 1.82) is 0 Å². The molecule has 0 radical (unpaired) electrons. The number of methoxy groups -OCH3 is 1. The van der Waals surface area contributed by atoms with E-state index in [-0.39, 0.29) is 59.5 Å². The van der Waals surface area contributed by atoms with Crippen LogP contribution in [0.2, 0.25) is 0 Å². The molecule has 15 heteroatoms. The Hall–Kier alpha value is -6.48. The van der Waals surface area contributed by atoms with Crippen LogP contribution in [-0.2, 0) is 25.3 Å². The van der Waals surface area contributed by atoms with E-state index in [0.29, 0.717) is 54.3 Å². The van der Waals surface area contributed by atoms with E-state index < -0.39 is 5.91 Å². The van der Waals surface area contributed by atoms with Crippen molar-refractivity contribution < 1.29 is 28.7 Å². The van der Waals surface area contributed by atoms with E-state index in [1.807, 2.05) is 55.4 Å². The zero-order valence-corrected chi connectivity index (χ0v) is 35.3. The SMILES string of the molecule is CNCC(C)(C)CCC(=O)c1nc(NC(=O)c2nc(-c3ccc(NC(=O)CCCOc4cc5c(cc4OC)C(=O)N4c6ccccc6C[C@H]4CN5C)cc3)cn2C)cn1C. The summed E-state index contributed by atoms with van der Waals surface area (Å²) in [6, 6.07) is 18.9. The van der Waals surface area contributed by atoms with Gasteiger partial charge in [-0.3, -0.25) is 19.2 Å². The average Bonchev–Trinajstić information content (AvgIpc) is 3.90. The van der Waals surface area contributed by atoms with Crippen LogP contribution in [-0.4, -0.2) is 89.6 Å². The molecule has 1 atom stereocenters. The molecule has 2 aliphatic heterocycles. The van der Waals surface area contributed by atoms with Crippen molar-refractivity contribution in [3.05, 3.63) is 95.8 Å². The Balaban J connectivity index is 0.905. The third kappa shape index (κ3) is 8.90. The summed E-state index contributed by atoms with van der Waals surface area (Å²) in [4.78, 5) is 65.9. The number of aryl methyl sites for hydroxylation is 2. The van der Waals surface area contributed by atoms with Gasteiger partial charge in [-0.25, -0.2) is 9.97 Å². The van der Waals surface area contributed by atoms with Gasteiger partial charge in [-0.2, -0.15) is 0 Å². The summed E-state index contributed by atoms with van der Waals surface area (Å²) < 4.78 is 15.0. The molecular formula is C45H53N9O6. The predicted molar refractivity (Wildman–Crippen MR) is 231 cm³/mol. The van der Waals surface area contributed by atoms with Crippen LogP contribution in [0.15, 0.2) is 73.1 Å². The molecule has 0 saturated carbocycles. The van der Waals surface area contributed by atoms with Gasteiger partial charge in [0.1, 0.15) is 0 Å². The third-order valence-corrected chi connectivity index (χ3v) is 11.1. The normalized spacial score (nSPS) is 14.6. The van der Waals surface area contributed by atoms with E-state index in [1.165, 1.54) is 5.56 Å². The van der Waals surface area contributed by atoms with Crippen LogP contribution < -0.4 is 35.2 Å². The first-order valence-electron chi connectivity index (χ1n) is 20.2. The fourth-order valence-corrected chi connectivity index (χ4v) is 8.00. The zero-order valence-electron chi connectivity index (χ0n) is 35.3. The Kier molecular flexibility index (Phi) is 12.1. The number of carbonyl (C=O) groups is 4. The van der Waals surface area contributed by atoms with E-state index in [2.05, 4.69) is 50.7 Å². The van der Waals surface area contributed by atoms with Crippen molar-refractivity contribution >= 4 is 46.4 Å². The van der Waals surface area contributed by atoms with Crippen molar-refractivity contribution in [2.75, 3.05) is 61.3 Å². The van der Waals surface area contributed by atoms with Gasteiger partial charge >= 0.3 is 0 Å². The summed E-state index contributed by atoms with van der Waals surface area (Å²) >= 11 is 0. The Bertz CT molecular complexity index is 2420. The van der Waals surface area contributed by atoms with Gasteiger partial charge in [0.05, 0.1) is 36.7 Å². The number of benzene rings is 3. The summed E-state index contributed by atoms with van der Waals surface area (Å²) in [6.07, 6.45) is 5.90. The van der Waals surface area contributed by atoms with Crippen molar-refractivity contribution in [3.8, 4) is 22.8 Å². The molecular weight excluding hydrogens is 763 g/mol. The molecule has 15 nitrogen and oxygen atoms in total. The fraction of sp³-hybridized carbons (Fsp3) is 0.378. The van der Waals surface area contributed by atoms with Gasteiger partial charge in [-0.05, 0) is 68.1 Å². The minimum absolute atomic E-state index is 0.0307. The number of Topliss-reactive ketones (excluding diaryl/α,β-unsaturated/α-hetero) is 1. The highest BCUT2D eigenvalue weighted by Gasteiger charge is 2.39. The molecule has 3 aromatic carbocycles. The molecule has 0 bridgehead atoms. The summed E-state index contributed by atoms with van der Waals surface area (Å²) in [5.41, 5.74) is 5.37. The summed E-state index contributed by atoms with van der Waals surface area (Å²) in [6.45, 7) is 5.96. The lowest BCUT2D eigenvalue weighted by Crippen LogP contribution is -2.41. The Labute approximate surface area is 350 Å². The molecule has 0 unspecified atom stereocenters. The van der Waals surface area contributed by atoms with Gasteiger partial charge in [-0.1, -0.05) is 44.2 Å². The number of aromatic nitrogens is 4. The van der Waals surface area contributed by atoms with Gasteiger partial charge in [0, 0.05) is 75.9 Å². The van der Waals surface area contributed by atoms with Gasteiger partial charge < -0.3 is 44.4 Å². The lowest BCUT2D eigenvalue weighted by atomic mass is 9.87. The van der Waals surface area contributed by atoms with E-state index in [9.17, 15) is 19.2 Å². The molecule has 60 heavy (non-hydrogen) atoms. The lowest BCUT2D eigenvalue weighted by Gasteiger charge is -2.25. The van der Waals surface area contributed by atoms with Crippen LogP contribution in [0.25, 0.3) is 11.3 Å². The highest BCUT2D eigenvalue weighted by molar-refractivity contribution is 6.12. The minimum atomic E-state index is -0.460. The average molecular weight is 816 g/mol. The number of anilines is 4. The van der Waals surface area contributed by atoms with E-state index in [1.54, 1.807) is 60.9 Å². The monoisotopic (exact) mass is 815 g/mol. The molecule has 0 saturated heterocycles. The van der Waals surface area contributed by atoms with Crippen LogP contribution in [0.4, 0.5) is 22.9 Å². The smallest absolute Gasteiger partial charge is 0.292 e. The fourth-order valence-electron chi connectivity index (χ4n) is 8.00. The van der Waals surface area contributed by atoms with Crippen LogP contribution in [0, 0.1) is 5.41 Å². The second kappa shape index (κ2) is 17.4. The number of ketones is 1. The molecule has 4 heterocycles. The van der Waals surface area contributed by atoms with E-state index in [0.717, 1.165) is 29.9 Å². The van der Waals surface area contributed by atoms with Gasteiger partial charge in [0.25, 0.3) is 11.8 Å². The molecule has 3 N–H and O–H groups in total. The molecule has 0 fully saturated rings. The summed E-state index contributed by atoms with van der Waals surface area (Å²) in [5, 5.41) is 8.86. The van der Waals surface area contributed by atoms with Gasteiger partial charge in [-0.15, -0.1) is 0 Å². The molecule has 2 aliphatic rings. The number of hydrogen-bond donors (Lipinski definition) is 3. The number of nitrogens with one attached hydrogen (secondary N) is 3. The number of likely N-dealkylation sites (N-methyl/N-ethyl adjacent to an activating group) is 1. The van der Waals surface area contributed by atoms with Gasteiger partial charge in [0.2, 0.25) is 5.91 Å². The molecule has 5 aromatic rings. The number of nitrogens with zero attached hydrogens (tertiary/aromatic N) is 6. The number of carbonyl (C=O) groups excluding carboxylic acids is 4. The van der Waals surface area contributed by atoms with Crippen molar-refractivity contribution in [2.45, 2.75) is 52.0 Å². The second-order valence-corrected chi connectivity index (χ2v) is 16.3. The molecule has 314 valence electrons. The first-order valence-corrected chi connectivity index (χ1v) is 20.2. The summed E-state index contributed by atoms with van der Waals surface area (Å²) in [5.74, 6) is 0.917. The lowest BCUT2D eigenvalue weighted by molar-refractivity contribution is -0.116. The number of fused-ring (bicyclic) bond motifs is 4. The number of ether oxygens (including phenoxy) is 2. The molecule has 7 rings (SSSR count). The Morgan fingerprint density at radius 1 is 0.883 bits per heavy atom. The zero-order chi connectivity index (χ0) is 42.7. The Morgan fingerprint density at radius 2 is 1.63 bits per heavy atom. The van der Waals surface area contributed by atoms with Crippen molar-refractivity contribution in [1.82, 2.24) is 24.4 Å². The van der Waals surface area contributed by atoms with Crippen LogP contribution in [0.3, 0.4) is 0 Å². The molecule has 2 aromatic heterocycles. The largest absolute Gasteiger partial charge is 0.493 e. The number of amides is 3. The summed E-state index contributed by atoms with van der Waals surface area (Å²) in [7, 11) is 8.89. The highest BCUT2D eigenvalue weighted by atomic mass is 16.5. The number of para-hydroxylation sites is 1. The minimum Gasteiger partial charge on any atom is -0.493 e. The van der Waals surface area contributed by atoms with Gasteiger partial charge in [0.15, 0.2) is 34.7 Å². The number of imidazole rings is 2. The Morgan fingerprint density at radius 3 is 2.38 bits per heavy atom. The van der Waals surface area contributed by atoms with E-state index >= 15 is 0 Å². The van der Waals surface area contributed by atoms with E-state index in [4.69, 9.17) is 9.47 Å². The number of rotatable bonds is 16. The quantitative estimate of drug-likeness (QED) is 0.0782. The maximum atomic E-state index is 13.9. The van der Waals surface area contributed by atoms with Crippen LogP contribution in [0.1, 0.15) is 76.7 Å². The topological polar surface area (TPSA) is 165 Å². The predicted octanol–water partition coefficient (Wildman–Crippen LogP) is 6.11. The second-order valence-electron chi connectivity index (χ2n) is 16.3.